The summed E-state index contributed by atoms with van der Waals surface area (Å²) in [5.74, 6) is 2.50. The van der Waals surface area contributed by atoms with Crippen LogP contribution >= 0.6 is 11.6 Å². The van der Waals surface area contributed by atoms with Crippen molar-refractivity contribution in [1.82, 2.24) is 9.88 Å². The smallest absolute Gasteiger partial charge is 0.229 e. The molecule has 1 aliphatic heterocycles. The molecule has 37 heavy (non-hydrogen) atoms. The molecule has 0 radical (unpaired) electrons. The van der Waals surface area contributed by atoms with Crippen molar-refractivity contribution in [1.29, 1.82) is 0 Å². The SMILES string of the molecule is [C-]#[N+]c1cc2c(Oc3ccc(CC(=O)CC4CC4)c(Cl)c3)ccnc2cc1OCCCN1CCCCC1. The van der Waals surface area contributed by atoms with Gasteiger partial charge in [-0.1, -0.05) is 24.1 Å². The molecule has 1 saturated heterocycles. The zero-order valence-electron chi connectivity index (χ0n) is 21.0. The summed E-state index contributed by atoms with van der Waals surface area (Å²) in [5, 5.41) is 1.25. The van der Waals surface area contributed by atoms with Crippen LogP contribution in [0.1, 0.15) is 50.5 Å². The Morgan fingerprint density at radius 1 is 1.11 bits per heavy atom. The van der Waals surface area contributed by atoms with E-state index in [9.17, 15) is 4.79 Å². The van der Waals surface area contributed by atoms with Crippen LogP contribution in [0.5, 0.6) is 17.2 Å². The summed E-state index contributed by atoms with van der Waals surface area (Å²) in [6, 6.07) is 10.8. The maximum Gasteiger partial charge on any atom is 0.229 e. The van der Waals surface area contributed by atoms with Crippen LogP contribution in [0.3, 0.4) is 0 Å². The van der Waals surface area contributed by atoms with Crippen molar-refractivity contribution in [2.45, 2.75) is 51.4 Å². The number of fused-ring (bicyclic) bond motifs is 1. The third-order valence-electron chi connectivity index (χ3n) is 7.08. The fourth-order valence-electron chi connectivity index (χ4n) is 4.87. The first kappa shape index (κ1) is 25.5. The van der Waals surface area contributed by atoms with Gasteiger partial charge in [0.25, 0.3) is 0 Å². The van der Waals surface area contributed by atoms with Crippen molar-refractivity contribution in [3.8, 4) is 17.2 Å². The summed E-state index contributed by atoms with van der Waals surface area (Å²) in [5.41, 5.74) is 1.95. The normalized spacial score (nSPS) is 15.9. The number of ketones is 1. The van der Waals surface area contributed by atoms with Crippen molar-refractivity contribution in [3.63, 3.8) is 0 Å². The van der Waals surface area contributed by atoms with Crippen LogP contribution in [0.15, 0.2) is 42.6 Å². The predicted octanol–water partition coefficient (Wildman–Crippen LogP) is 7.40. The highest BCUT2D eigenvalue weighted by Crippen LogP contribution is 2.38. The lowest BCUT2D eigenvalue weighted by Gasteiger charge is -2.26. The summed E-state index contributed by atoms with van der Waals surface area (Å²) in [7, 11) is 0. The molecule has 192 valence electrons. The highest BCUT2D eigenvalue weighted by molar-refractivity contribution is 6.31. The van der Waals surface area contributed by atoms with E-state index < -0.39 is 0 Å². The van der Waals surface area contributed by atoms with E-state index in [1.165, 1.54) is 32.4 Å². The van der Waals surface area contributed by atoms with Gasteiger partial charge in [-0.15, -0.1) is 0 Å². The molecule has 2 aliphatic rings. The van der Waals surface area contributed by atoms with Gasteiger partial charge in [-0.05, 0) is 87.0 Å². The van der Waals surface area contributed by atoms with E-state index >= 15 is 0 Å². The Balaban J connectivity index is 1.26. The fraction of sp³-hybridized carbons (Fsp3) is 0.433. The first-order valence-electron chi connectivity index (χ1n) is 13.2. The Hall–Kier alpha value is -3.14. The number of Topliss-reactive ketones (excluding diaryl/α,β-unsaturated/α-hetero) is 1. The molecule has 0 atom stereocenters. The van der Waals surface area contributed by atoms with E-state index in [1.807, 2.05) is 18.2 Å². The average Bonchev–Trinajstić information content (AvgIpc) is 3.72. The van der Waals surface area contributed by atoms with Gasteiger partial charge < -0.3 is 14.4 Å². The largest absolute Gasteiger partial charge is 0.504 e. The number of hydrogen-bond donors (Lipinski definition) is 0. The van der Waals surface area contributed by atoms with Crippen molar-refractivity contribution in [2.75, 3.05) is 26.2 Å². The van der Waals surface area contributed by atoms with E-state index in [2.05, 4.69) is 14.7 Å². The summed E-state index contributed by atoms with van der Waals surface area (Å²) in [6.45, 7) is 11.6. The Labute approximate surface area is 223 Å². The van der Waals surface area contributed by atoms with Crippen LogP contribution < -0.4 is 9.47 Å². The summed E-state index contributed by atoms with van der Waals surface area (Å²) in [6.07, 6.45) is 9.81. The molecule has 7 heteroatoms. The van der Waals surface area contributed by atoms with Gasteiger partial charge in [0.15, 0.2) is 0 Å². The number of carbonyl (C=O) groups excluding carboxylic acids is 1. The van der Waals surface area contributed by atoms with Crippen molar-refractivity contribution >= 4 is 34.0 Å². The molecule has 0 bridgehead atoms. The minimum absolute atomic E-state index is 0.231. The second-order valence-corrected chi connectivity index (χ2v) is 10.5. The number of benzene rings is 2. The van der Waals surface area contributed by atoms with Crippen LogP contribution in [0, 0.1) is 12.5 Å². The zero-order valence-corrected chi connectivity index (χ0v) is 21.8. The Morgan fingerprint density at radius 2 is 1.95 bits per heavy atom. The van der Waals surface area contributed by atoms with Gasteiger partial charge in [0.1, 0.15) is 23.0 Å². The summed E-state index contributed by atoms with van der Waals surface area (Å²) in [4.78, 5) is 22.9. The molecule has 3 aromatic rings. The third-order valence-corrected chi connectivity index (χ3v) is 7.43. The van der Waals surface area contributed by atoms with Gasteiger partial charge in [-0.3, -0.25) is 9.78 Å². The third kappa shape index (κ3) is 6.80. The van der Waals surface area contributed by atoms with Gasteiger partial charge in [0.2, 0.25) is 5.69 Å². The maximum absolute atomic E-state index is 12.2. The summed E-state index contributed by atoms with van der Waals surface area (Å²) < 4.78 is 12.2. The maximum atomic E-state index is 12.2. The lowest BCUT2D eigenvalue weighted by molar-refractivity contribution is -0.118. The molecule has 2 fully saturated rings. The molecule has 1 aliphatic carbocycles. The van der Waals surface area contributed by atoms with Gasteiger partial charge in [0, 0.05) is 36.0 Å². The van der Waals surface area contributed by atoms with Crippen molar-refractivity contribution < 1.29 is 14.3 Å². The molecular weight excluding hydrogens is 486 g/mol. The predicted molar refractivity (Wildman–Crippen MR) is 146 cm³/mol. The first-order valence-corrected chi connectivity index (χ1v) is 13.6. The number of aromatic nitrogens is 1. The number of hydrogen-bond acceptors (Lipinski definition) is 5. The Morgan fingerprint density at radius 3 is 2.70 bits per heavy atom. The molecule has 1 saturated carbocycles. The van der Waals surface area contributed by atoms with Crippen LogP contribution in [0.4, 0.5) is 5.69 Å². The molecule has 2 heterocycles. The molecular formula is C30H32ClN3O3. The molecule has 2 aromatic carbocycles. The van der Waals surface area contributed by atoms with Gasteiger partial charge in [-0.25, -0.2) is 4.85 Å². The second-order valence-electron chi connectivity index (χ2n) is 10.1. The monoisotopic (exact) mass is 517 g/mol. The quantitative estimate of drug-likeness (QED) is 0.196. The second kappa shape index (κ2) is 11.9. The molecule has 6 nitrogen and oxygen atoms in total. The van der Waals surface area contributed by atoms with Crippen molar-refractivity contribution in [2.24, 2.45) is 5.92 Å². The molecule has 0 spiro atoms. The standard InChI is InChI=1S/C30H32ClN3O3/c1-32-28-19-25-27(20-30(28)36-15-5-14-34-12-3-2-4-13-34)33-11-10-29(25)37-24-9-8-22(26(31)18-24)17-23(35)16-21-6-7-21/h8-11,18-21H,2-7,12-17H2. The lowest BCUT2D eigenvalue weighted by Crippen LogP contribution is -2.31. The van der Waals surface area contributed by atoms with Crippen molar-refractivity contribution in [3.05, 3.63) is 64.6 Å². The minimum atomic E-state index is 0.231. The van der Waals surface area contributed by atoms with E-state index in [0.29, 0.717) is 58.8 Å². The van der Waals surface area contributed by atoms with Crippen LogP contribution in [-0.2, 0) is 11.2 Å². The lowest BCUT2D eigenvalue weighted by atomic mass is 10.0. The zero-order chi connectivity index (χ0) is 25.6. The van der Waals surface area contributed by atoms with Crippen LogP contribution in [-0.4, -0.2) is 41.9 Å². The number of carbonyl (C=O) groups is 1. The van der Waals surface area contributed by atoms with E-state index in [-0.39, 0.29) is 5.78 Å². The fourth-order valence-corrected chi connectivity index (χ4v) is 5.11. The van der Waals surface area contributed by atoms with Gasteiger partial charge in [-0.2, -0.15) is 0 Å². The van der Waals surface area contributed by atoms with E-state index in [0.717, 1.165) is 36.8 Å². The highest BCUT2D eigenvalue weighted by Gasteiger charge is 2.24. The molecule has 1 aromatic heterocycles. The Kier molecular flexibility index (Phi) is 8.23. The molecule has 0 amide bonds. The van der Waals surface area contributed by atoms with Crippen LogP contribution in [0.25, 0.3) is 15.7 Å². The summed E-state index contributed by atoms with van der Waals surface area (Å²) >= 11 is 6.48. The average molecular weight is 518 g/mol. The number of rotatable bonds is 11. The number of ether oxygens (including phenoxy) is 2. The van der Waals surface area contributed by atoms with Gasteiger partial charge >= 0.3 is 0 Å². The Bertz CT molecular complexity index is 1310. The molecule has 5 rings (SSSR count). The topological polar surface area (TPSA) is 56.0 Å². The minimum Gasteiger partial charge on any atom is -0.504 e. The number of likely N-dealkylation sites (tertiary alicyclic amines) is 1. The highest BCUT2D eigenvalue weighted by atomic mass is 35.5. The molecule has 0 N–H and O–H groups in total. The first-order chi connectivity index (χ1) is 18.1. The number of nitrogens with zero attached hydrogens (tertiary/aromatic N) is 3. The molecule has 0 unspecified atom stereocenters. The van der Waals surface area contributed by atoms with E-state index in [4.69, 9.17) is 27.6 Å². The van der Waals surface area contributed by atoms with Crippen LogP contribution in [0.2, 0.25) is 5.02 Å². The van der Waals surface area contributed by atoms with Gasteiger partial charge in [0.05, 0.1) is 18.7 Å². The number of piperidine rings is 1. The number of halogens is 1. The van der Waals surface area contributed by atoms with E-state index in [1.54, 1.807) is 24.4 Å². The number of pyridine rings is 1.